The number of para-hydroxylation sites is 2. The number of ether oxygens (including phenoxy) is 2. The summed E-state index contributed by atoms with van der Waals surface area (Å²) in [6.45, 7) is 4.14. The highest BCUT2D eigenvalue weighted by atomic mass is 16.5. The molecule has 0 spiro atoms. The van der Waals surface area contributed by atoms with E-state index in [0.717, 1.165) is 37.1 Å². The van der Waals surface area contributed by atoms with Gasteiger partial charge in [0, 0.05) is 38.0 Å². The van der Waals surface area contributed by atoms with Gasteiger partial charge in [-0.1, -0.05) is 36.4 Å². The van der Waals surface area contributed by atoms with Crippen LogP contribution in [0.3, 0.4) is 0 Å². The monoisotopic (exact) mass is 511 g/mol. The predicted octanol–water partition coefficient (Wildman–Crippen LogP) is 4.35. The second-order valence-electron chi connectivity index (χ2n) is 9.66. The summed E-state index contributed by atoms with van der Waals surface area (Å²) in [6.07, 6.45) is 3.21. The second-order valence-corrected chi connectivity index (χ2v) is 9.66. The summed E-state index contributed by atoms with van der Waals surface area (Å²) in [6, 6.07) is 15.3. The van der Waals surface area contributed by atoms with Gasteiger partial charge in [0.2, 0.25) is 5.91 Å². The Bertz CT molecular complexity index is 1030. The molecule has 8 nitrogen and oxygen atoms in total. The molecule has 1 aliphatic rings. The van der Waals surface area contributed by atoms with Gasteiger partial charge in [-0.15, -0.1) is 0 Å². The highest BCUT2D eigenvalue weighted by Gasteiger charge is 2.43. The van der Waals surface area contributed by atoms with Crippen LogP contribution in [-0.2, 0) is 15.1 Å². The number of benzene rings is 2. The molecule has 0 aromatic heterocycles. The van der Waals surface area contributed by atoms with E-state index >= 15 is 0 Å². The number of carbonyl (C=O) groups is 2. The van der Waals surface area contributed by atoms with E-state index in [0.29, 0.717) is 43.7 Å². The number of likely N-dealkylation sites (tertiary alicyclic amines) is 1. The molecular weight excluding hydrogens is 470 g/mol. The summed E-state index contributed by atoms with van der Waals surface area (Å²) in [4.78, 5) is 26.4. The normalized spacial score (nSPS) is 17.1. The fourth-order valence-corrected chi connectivity index (χ4v) is 5.01. The van der Waals surface area contributed by atoms with Gasteiger partial charge in [-0.3, -0.25) is 4.79 Å². The summed E-state index contributed by atoms with van der Waals surface area (Å²) in [5, 5.41) is 17.9. The molecule has 37 heavy (non-hydrogen) atoms. The number of carbonyl (C=O) groups excluding carboxylic acids is 2. The minimum atomic E-state index is -1.27. The van der Waals surface area contributed by atoms with Crippen molar-refractivity contribution in [3.8, 4) is 11.5 Å². The minimum Gasteiger partial charge on any atom is -0.457 e. The summed E-state index contributed by atoms with van der Waals surface area (Å²) >= 11 is 0. The van der Waals surface area contributed by atoms with Crippen molar-refractivity contribution in [2.75, 3.05) is 40.3 Å². The molecule has 2 aromatic carbocycles. The summed E-state index contributed by atoms with van der Waals surface area (Å²) in [5.74, 6) is 1.25. The van der Waals surface area contributed by atoms with Crippen LogP contribution in [0, 0.1) is 12.8 Å². The molecule has 0 aliphatic carbocycles. The SMILES string of the molecule is CNCCCC(=O)N1CCC[C@@H]([C@@](O)(CCCOC(=O)NC)c2ccccc2Oc2ccccc2C)C1. The highest BCUT2D eigenvalue weighted by molar-refractivity contribution is 5.76. The molecule has 0 bridgehead atoms. The Balaban J connectivity index is 1.88. The molecule has 1 saturated heterocycles. The lowest BCUT2D eigenvalue weighted by Crippen LogP contribution is -2.48. The molecule has 2 aromatic rings. The molecule has 3 rings (SSSR count). The predicted molar refractivity (Wildman–Crippen MR) is 144 cm³/mol. The van der Waals surface area contributed by atoms with Crippen LogP contribution in [0.4, 0.5) is 4.79 Å². The van der Waals surface area contributed by atoms with Crippen LogP contribution >= 0.6 is 0 Å². The van der Waals surface area contributed by atoms with Gasteiger partial charge < -0.3 is 30.1 Å². The molecule has 202 valence electrons. The third-order valence-electron chi connectivity index (χ3n) is 7.07. The maximum atomic E-state index is 12.9. The van der Waals surface area contributed by atoms with E-state index in [1.165, 1.54) is 7.05 Å². The molecule has 0 unspecified atom stereocenters. The van der Waals surface area contributed by atoms with E-state index in [9.17, 15) is 14.7 Å². The van der Waals surface area contributed by atoms with Gasteiger partial charge in [0.15, 0.2) is 0 Å². The number of rotatable bonds is 12. The number of aliphatic hydroxyl groups is 1. The van der Waals surface area contributed by atoms with Crippen molar-refractivity contribution in [2.24, 2.45) is 5.92 Å². The van der Waals surface area contributed by atoms with Crippen LogP contribution in [-0.4, -0.2) is 62.3 Å². The number of alkyl carbamates (subject to hydrolysis) is 1. The van der Waals surface area contributed by atoms with Crippen LogP contribution in [0.5, 0.6) is 11.5 Å². The van der Waals surface area contributed by atoms with Crippen LogP contribution in [0.15, 0.2) is 48.5 Å². The van der Waals surface area contributed by atoms with Gasteiger partial charge in [0.1, 0.15) is 11.5 Å². The molecule has 8 heteroatoms. The van der Waals surface area contributed by atoms with E-state index in [1.807, 2.05) is 67.4 Å². The molecule has 1 fully saturated rings. The van der Waals surface area contributed by atoms with Crippen molar-refractivity contribution in [2.45, 2.75) is 51.0 Å². The first kappa shape index (κ1) is 28.5. The van der Waals surface area contributed by atoms with E-state index in [4.69, 9.17) is 9.47 Å². The molecule has 1 heterocycles. The van der Waals surface area contributed by atoms with E-state index < -0.39 is 11.7 Å². The van der Waals surface area contributed by atoms with Gasteiger partial charge in [-0.2, -0.15) is 0 Å². The lowest BCUT2D eigenvalue weighted by molar-refractivity contribution is -0.137. The summed E-state index contributed by atoms with van der Waals surface area (Å²) in [7, 11) is 3.40. The van der Waals surface area contributed by atoms with E-state index in [-0.39, 0.29) is 18.4 Å². The first-order chi connectivity index (χ1) is 17.9. The standard InChI is InChI=1S/C29H41N3O5/c1-22-11-4-6-14-25(22)37-26-15-7-5-13-24(26)29(35,17-10-20-36-28(34)31-3)23-12-9-19-32(21-23)27(33)16-8-18-30-2/h4-7,11,13-15,23,30,35H,8-10,12,16-21H2,1-3H3,(H,31,34)/t23-,29+/m1/s1. The molecule has 3 N–H and O–H groups in total. The number of piperidine rings is 1. The summed E-state index contributed by atoms with van der Waals surface area (Å²) < 4.78 is 11.5. The third-order valence-corrected chi connectivity index (χ3v) is 7.07. The van der Waals surface area contributed by atoms with Crippen molar-refractivity contribution in [1.29, 1.82) is 0 Å². The van der Waals surface area contributed by atoms with Crippen molar-refractivity contribution in [3.63, 3.8) is 0 Å². The Morgan fingerprint density at radius 2 is 1.81 bits per heavy atom. The smallest absolute Gasteiger partial charge is 0.406 e. The minimum absolute atomic E-state index is 0.120. The number of hydrogen-bond donors (Lipinski definition) is 3. The number of nitrogens with zero attached hydrogens (tertiary/aromatic N) is 1. The molecule has 0 radical (unpaired) electrons. The maximum Gasteiger partial charge on any atom is 0.406 e. The summed E-state index contributed by atoms with van der Waals surface area (Å²) in [5.41, 5.74) is 0.415. The number of aryl methyl sites for hydroxylation is 1. The number of hydrogen-bond acceptors (Lipinski definition) is 6. The van der Waals surface area contributed by atoms with Crippen LogP contribution in [0.2, 0.25) is 0 Å². The van der Waals surface area contributed by atoms with Crippen molar-refractivity contribution >= 4 is 12.0 Å². The lowest BCUT2D eigenvalue weighted by atomic mass is 9.74. The fourth-order valence-electron chi connectivity index (χ4n) is 5.01. The van der Waals surface area contributed by atoms with Gasteiger partial charge in [0.25, 0.3) is 0 Å². The molecule has 2 amide bonds. The van der Waals surface area contributed by atoms with Crippen LogP contribution in [0.1, 0.15) is 49.7 Å². The number of nitrogens with one attached hydrogen (secondary N) is 2. The Hall–Kier alpha value is -3.10. The quantitative estimate of drug-likeness (QED) is 0.367. The molecule has 1 aliphatic heterocycles. The van der Waals surface area contributed by atoms with Gasteiger partial charge >= 0.3 is 6.09 Å². The zero-order valence-electron chi connectivity index (χ0n) is 22.3. The third kappa shape index (κ3) is 7.69. The van der Waals surface area contributed by atoms with Crippen molar-refractivity contribution in [1.82, 2.24) is 15.5 Å². The number of amides is 2. The topological polar surface area (TPSA) is 100 Å². The molecule has 2 atom stereocenters. The average molecular weight is 512 g/mol. The van der Waals surface area contributed by atoms with Crippen LogP contribution < -0.4 is 15.4 Å². The first-order valence-electron chi connectivity index (χ1n) is 13.2. The Labute approximate surface area is 220 Å². The Morgan fingerprint density at radius 1 is 1.08 bits per heavy atom. The Kier molecular flexibility index (Phi) is 10.8. The second kappa shape index (κ2) is 14.0. The van der Waals surface area contributed by atoms with Gasteiger partial charge in [-0.25, -0.2) is 4.79 Å². The van der Waals surface area contributed by atoms with Crippen molar-refractivity contribution in [3.05, 3.63) is 59.7 Å². The lowest BCUT2D eigenvalue weighted by Gasteiger charge is -2.43. The Morgan fingerprint density at radius 3 is 2.54 bits per heavy atom. The highest BCUT2D eigenvalue weighted by Crippen LogP contribution is 2.44. The van der Waals surface area contributed by atoms with E-state index in [2.05, 4.69) is 10.6 Å². The first-order valence-corrected chi connectivity index (χ1v) is 13.2. The van der Waals surface area contributed by atoms with Gasteiger partial charge in [-0.05, 0) is 70.3 Å². The van der Waals surface area contributed by atoms with Crippen LogP contribution in [0.25, 0.3) is 0 Å². The largest absolute Gasteiger partial charge is 0.457 e. The zero-order valence-corrected chi connectivity index (χ0v) is 22.3. The van der Waals surface area contributed by atoms with Crippen molar-refractivity contribution < 1.29 is 24.2 Å². The molecule has 0 saturated carbocycles. The van der Waals surface area contributed by atoms with Gasteiger partial charge in [0.05, 0.1) is 12.2 Å². The van der Waals surface area contributed by atoms with E-state index in [1.54, 1.807) is 0 Å². The molecular formula is C29H41N3O5. The fraction of sp³-hybridized carbons (Fsp3) is 0.517. The maximum absolute atomic E-state index is 12.9. The average Bonchev–Trinajstić information content (AvgIpc) is 2.92. The zero-order chi connectivity index (χ0) is 26.7.